The molecule has 0 aromatic heterocycles. The van der Waals surface area contributed by atoms with Gasteiger partial charge in [-0.1, -0.05) is 112 Å². The first kappa shape index (κ1) is 21.6. The molecular weight excluding hydrogens is 360 g/mol. The second-order valence-electron chi connectivity index (χ2n) is 7.81. The van der Waals surface area contributed by atoms with Gasteiger partial charge in [-0.2, -0.15) is 0 Å². The number of aryl methyl sites for hydroxylation is 1. The predicted molar refractivity (Wildman–Crippen MR) is 133 cm³/mol. The van der Waals surface area contributed by atoms with Gasteiger partial charge in [0.1, 0.15) is 0 Å². The van der Waals surface area contributed by atoms with E-state index in [0.29, 0.717) is 5.92 Å². The smallest absolute Gasteiger partial charge is 0.0172 e. The zero-order valence-corrected chi connectivity index (χ0v) is 18.8. The monoisotopic (exact) mass is 392 g/mol. The van der Waals surface area contributed by atoms with Gasteiger partial charge in [-0.05, 0) is 70.0 Å². The average Bonchev–Trinajstić information content (AvgIpc) is 2.81. The summed E-state index contributed by atoms with van der Waals surface area (Å²) in [5.74, 6) is 0.522. The van der Waals surface area contributed by atoms with Crippen LogP contribution in [0.2, 0.25) is 0 Å². The number of hydrogen-bond donors (Lipinski definition) is 0. The summed E-state index contributed by atoms with van der Waals surface area (Å²) >= 11 is 0. The summed E-state index contributed by atoms with van der Waals surface area (Å²) in [5.41, 5.74) is 10.2. The molecule has 0 bridgehead atoms. The molecule has 0 aliphatic rings. The second kappa shape index (κ2) is 10.1. The minimum Gasteiger partial charge on any atom is -0.0683 e. The van der Waals surface area contributed by atoms with Crippen LogP contribution < -0.4 is 0 Å². The van der Waals surface area contributed by atoms with Gasteiger partial charge < -0.3 is 0 Å². The van der Waals surface area contributed by atoms with Gasteiger partial charge in [0.05, 0.1) is 0 Å². The SMILES string of the molecule is CC.Cc1cccc(-c2cc(-c3ccccc3)cc(-c3cccc(C(C)C)c3)c2)c1. The topological polar surface area (TPSA) is 0 Å². The van der Waals surface area contributed by atoms with Gasteiger partial charge in [0, 0.05) is 0 Å². The van der Waals surface area contributed by atoms with Crippen molar-refractivity contribution in [2.75, 3.05) is 0 Å². The summed E-state index contributed by atoms with van der Waals surface area (Å²) in [6, 6.07) is 35.3. The van der Waals surface area contributed by atoms with Crippen LogP contribution in [0.25, 0.3) is 33.4 Å². The molecule has 0 atom stereocenters. The molecular formula is C30H32. The molecule has 152 valence electrons. The molecule has 0 heterocycles. The lowest BCUT2D eigenvalue weighted by molar-refractivity contribution is 0.867. The average molecular weight is 393 g/mol. The highest BCUT2D eigenvalue weighted by Gasteiger charge is 2.09. The van der Waals surface area contributed by atoms with Crippen molar-refractivity contribution in [3.8, 4) is 33.4 Å². The predicted octanol–water partition coefficient (Wildman–Crippen LogP) is 9.15. The molecule has 0 radical (unpaired) electrons. The summed E-state index contributed by atoms with van der Waals surface area (Å²) < 4.78 is 0. The Bertz CT molecular complexity index is 1090. The van der Waals surface area contributed by atoms with E-state index in [1.165, 1.54) is 44.5 Å². The van der Waals surface area contributed by atoms with E-state index in [4.69, 9.17) is 0 Å². The summed E-state index contributed by atoms with van der Waals surface area (Å²) in [4.78, 5) is 0. The number of hydrogen-bond acceptors (Lipinski definition) is 0. The maximum Gasteiger partial charge on any atom is -0.0172 e. The maximum atomic E-state index is 2.33. The zero-order valence-electron chi connectivity index (χ0n) is 18.8. The second-order valence-corrected chi connectivity index (χ2v) is 7.81. The fourth-order valence-corrected chi connectivity index (χ4v) is 3.66. The Balaban J connectivity index is 0.00000124. The molecule has 0 spiro atoms. The van der Waals surface area contributed by atoms with Crippen LogP contribution >= 0.6 is 0 Å². The number of rotatable bonds is 4. The van der Waals surface area contributed by atoms with E-state index >= 15 is 0 Å². The molecule has 0 nitrogen and oxygen atoms in total. The Labute approximate surface area is 182 Å². The first-order valence-corrected chi connectivity index (χ1v) is 11.0. The summed E-state index contributed by atoms with van der Waals surface area (Å²) in [6.07, 6.45) is 0. The third kappa shape index (κ3) is 5.07. The van der Waals surface area contributed by atoms with E-state index in [-0.39, 0.29) is 0 Å². The normalized spacial score (nSPS) is 10.5. The van der Waals surface area contributed by atoms with Gasteiger partial charge in [-0.3, -0.25) is 0 Å². The van der Waals surface area contributed by atoms with Crippen molar-refractivity contribution in [2.24, 2.45) is 0 Å². The van der Waals surface area contributed by atoms with Crippen molar-refractivity contribution in [1.29, 1.82) is 0 Å². The highest BCUT2D eigenvalue weighted by atomic mass is 14.1. The van der Waals surface area contributed by atoms with Crippen LogP contribution in [-0.2, 0) is 0 Å². The minimum atomic E-state index is 0.522. The van der Waals surface area contributed by atoms with Gasteiger partial charge in [-0.15, -0.1) is 0 Å². The fourth-order valence-electron chi connectivity index (χ4n) is 3.66. The van der Waals surface area contributed by atoms with Crippen LogP contribution in [0.15, 0.2) is 97.1 Å². The summed E-state index contributed by atoms with van der Waals surface area (Å²) in [7, 11) is 0. The molecule has 0 N–H and O–H groups in total. The van der Waals surface area contributed by atoms with E-state index < -0.39 is 0 Å². The third-order valence-corrected chi connectivity index (χ3v) is 5.28. The fraction of sp³-hybridized carbons (Fsp3) is 0.200. The van der Waals surface area contributed by atoms with Gasteiger partial charge in [0.25, 0.3) is 0 Å². The molecule has 0 amide bonds. The molecule has 4 aromatic rings. The highest BCUT2D eigenvalue weighted by Crippen LogP contribution is 2.34. The Hall–Kier alpha value is -3.12. The van der Waals surface area contributed by atoms with E-state index in [1.807, 2.05) is 13.8 Å². The lowest BCUT2D eigenvalue weighted by Crippen LogP contribution is -1.90. The molecule has 0 saturated carbocycles. The van der Waals surface area contributed by atoms with Gasteiger partial charge in [0.15, 0.2) is 0 Å². The van der Waals surface area contributed by atoms with Crippen molar-refractivity contribution in [1.82, 2.24) is 0 Å². The van der Waals surface area contributed by atoms with Crippen LogP contribution in [0.1, 0.15) is 44.7 Å². The largest absolute Gasteiger partial charge is 0.0683 e. The van der Waals surface area contributed by atoms with Crippen LogP contribution in [-0.4, -0.2) is 0 Å². The maximum absolute atomic E-state index is 2.33. The molecule has 0 aliphatic carbocycles. The van der Waals surface area contributed by atoms with Gasteiger partial charge in [-0.25, -0.2) is 0 Å². The van der Waals surface area contributed by atoms with Crippen molar-refractivity contribution in [3.63, 3.8) is 0 Å². The standard InChI is InChI=1S/C28H26.C2H6/c1-20(2)23-12-8-14-25(16-23)28-18-26(22-10-5-4-6-11-22)17-27(19-28)24-13-7-9-21(3)15-24;1-2/h4-20H,1-3H3;1-2H3. The molecule has 4 aromatic carbocycles. The molecule has 30 heavy (non-hydrogen) atoms. The third-order valence-electron chi connectivity index (χ3n) is 5.28. The van der Waals surface area contributed by atoms with Crippen molar-refractivity contribution in [2.45, 2.75) is 40.5 Å². The van der Waals surface area contributed by atoms with E-state index in [9.17, 15) is 0 Å². The van der Waals surface area contributed by atoms with Crippen LogP contribution in [0.5, 0.6) is 0 Å². The Morgan fingerprint density at radius 2 is 0.967 bits per heavy atom. The lowest BCUT2D eigenvalue weighted by atomic mass is 9.91. The van der Waals surface area contributed by atoms with Crippen LogP contribution in [0, 0.1) is 6.92 Å². The molecule has 0 saturated heterocycles. The molecule has 0 heteroatoms. The molecule has 4 rings (SSSR count). The van der Waals surface area contributed by atoms with E-state index in [0.717, 1.165) is 0 Å². The molecule has 0 unspecified atom stereocenters. The Morgan fingerprint density at radius 3 is 1.53 bits per heavy atom. The quantitative estimate of drug-likeness (QED) is 0.325. The minimum absolute atomic E-state index is 0.522. The van der Waals surface area contributed by atoms with Crippen LogP contribution in [0.4, 0.5) is 0 Å². The first-order valence-electron chi connectivity index (χ1n) is 11.0. The Kier molecular flexibility index (Phi) is 7.25. The van der Waals surface area contributed by atoms with Crippen molar-refractivity contribution < 1.29 is 0 Å². The van der Waals surface area contributed by atoms with Crippen LogP contribution in [0.3, 0.4) is 0 Å². The molecule has 0 fully saturated rings. The van der Waals surface area contributed by atoms with Crippen molar-refractivity contribution in [3.05, 3.63) is 108 Å². The summed E-state index contributed by atoms with van der Waals surface area (Å²) in [5, 5.41) is 0. The zero-order chi connectivity index (χ0) is 21.5. The number of benzene rings is 4. The lowest BCUT2D eigenvalue weighted by Gasteiger charge is -2.13. The highest BCUT2D eigenvalue weighted by molar-refractivity contribution is 5.81. The first-order chi connectivity index (χ1) is 14.6. The van der Waals surface area contributed by atoms with Crippen molar-refractivity contribution >= 4 is 0 Å². The summed E-state index contributed by atoms with van der Waals surface area (Å²) in [6.45, 7) is 10.6. The van der Waals surface area contributed by atoms with E-state index in [2.05, 4.69) is 118 Å². The molecule has 0 aliphatic heterocycles. The van der Waals surface area contributed by atoms with E-state index in [1.54, 1.807) is 0 Å². The Morgan fingerprint density at radius 1 is 0.467 bits per heavy atom. The van der Waals surface area contributed by atoms with Gasteiger partial charge in [0.2, 0.25) is 0 Å². The van der Waals surface area contributed by atoms with Gasteiger partial charge >= 0.3 is 0 Å².